The fourth-order valence-corrected chi connectivity index (χ4v) is 4.16. The number of ether oxygens (including phenoxy) is 3. The quantitative estimate of drug-likeness (QED) is 0.499. The number of aryl methyl sites for hydroxylation is 1. The molecule has 2 N–H and O–H groups in total. The summed E-state index contributed by atoms with van der Waals surface area (Å²) in [6.45, 7) is 7.22. The van der Waals surface area contributed by atoms with Gasteiger partial charge in [-0.2, -0.15) is 0 Å². The minimum absolute atomic E-state index is 0.0424. The Bertz CT molecular complexity index is 863. The second kappa shape index (κ2) is 11.0. The Morgan fingerprint density at radius 1 is 1.06 bits per heavy atom. The van der Waals surface area contributed by atoms with E-state index in [0.717, 1.165) is 50.1 Å². The van der Waals surface area contributed by atoms with Gasteiger partial charge in [-0.05, 0) is 49.9 Å². The minimum Gasteiger partial charge on any atom is -0.493 e. The van der Waals surface area contributed by atoms with Crippen molar-refractivity contribution in [1.29, 1.82) is 0 Å². The maximum atomic E-state index is 6.04. The van der Waals surface area contributed by atoms with E-state index in [1.54, 1.807) is 14.2 Å². The van der Waals surface area contributed by atoms with Crippen LogP contribution in [0.15, 0.2) is 53.5 Å². The number of aliphatic imine (C=N–C) groups is 1. The summed E-state index contributed by atoms with van der Waals surface area (Å²) in [7, 11) is 3.45. The van der Waals surface area contributed by atoms with Gasteiger partial charge in [0.15, 0.2) is 17.5 Å². The SMILES string of the molecule is CN=C(NCC(C)Oc1ccccc1OC)NCC1(c2ccccc2C)CCOCC1. The summed E-state index contributed by atoms with van der Waals surface area (Å²) in [5.41, 5.74) is 2.77. The van der Waals surface area contributed by atoms with Crippen LogP contribution in [0, 0.1) is 6.92 Å². The van der Waals surface area contributed by atoms with E-state index in [0.29, 0.717) is 6.54 Å². The van der Waals surface area contributed by atoms with E-state index in [2.05, 4.69) is 46.8 Å². The maximum absolute atomic E-state index is 6.04. The van der Waals surface area contributed by atoms with Crippen molar-refractivity contribution in [3.8, 4) is 11.5 Å². The molecule has 1 saturated heterocycles. The average Bonchev–Trinajstić information content (AvgIpc) is 2.80. The monoisotopic (exact) mass is 425 g/mol. The van der Waals surface area contributed by atoms with Crippen molar-refractivity contribution in [2.75, 3.05) is 40.5 Å². The largest absolute Gasteiger partial charge is 0.493 e. The number of guanidine groups is 1. The number of rotatable bonds is 8. The van der Waals surface area contributed by atoms with Crippen molar-refractivity contribution >= 4 is 5.96 Å². The van der Waals surface area contributed by atoms with Crippen LogP contribution in [0.4, 0.5) is 0 Å². The minimum atomic E-state index is -0.0525. The second-order valence-corrected chi connectivity index (χ2v) is 8.09. The fourth-order valence-electron chi connectivity index (χ4n) is 4.16. The molecule has 2 aromatic rings. The summed E-state index contributed by atoms with van der Waals surface area (Å²) in [6, 6.07) is 16.4. The molecule has 6 heteroatoms. The summed E-state index contributed by atoms with van der Waals surface area (Å²) in [5, 5.41) is 6.94. The van der Waals surface area contributed by atoms with Crippen LogP contribution in [0.25, 0.3) is 0 Å². The fraction of sp³-hybridized carbons (Fsp3) is 0.480. The van der Waals surface area contributed by atoms with E-state index >= 15 is 0 Å². The predicted molar refractivity (Wildman–Crippen MR) is 125 cm³/mol. The molecular weight excluding hydrogens is 390 g/mol. The van der Waals surface area contributed by atoms with Gasteiger partial charge in [0, 0.05) is 32.2 Å². The van der Waals surface area contributed by atoms with Crippen LogP contribution in [0.5, 0.6) is 11.5 Å². The normalized spacial score (nSPS) is 17.0. The molecule has 1 unspecified atom stereocenters. The van der Waals surface area contributed by atoms with Crippen LogP contribution in [0.3, 0.4) is 0 Å². The van der Waals surface area contributed by atoms with Crippen LogP contribution in [-0.4, -0.2) is 52.5 Å². The summed E-state index contributed by atoms with van der Waals surface area (Å²) in [4.78, 5) is 4.42. The second-order valence-electron chi connectivity index (χ2n) is 8.09. The maximum Gasteiger partial charge on any atom is 0.191 e. The van der Waals surface area contributed by atoms with Crippen molar-refractivity contribution in [1.82, 2.24) is 10.6 Å². The molecule has 0 amide bonds. The highest BCUT2D eigenvalue weighted by Crippen LogP contribution is 2.36. The number of para-hydroxylation sites is 2. The van der Waals surface area contributed by atoms with Crippen LogP contribution >= 0.6 is 0 Å². The third kappa shape index (κ3) is 5.91. The third-order valence-electron chi connectivity index (χ3n) is 5.94. The average molecular weight is 426 g/mol. The summed E-state index contributed by atoms with van der Waals surface area (Å²) < 4.78 is 17.1. The molecule has 6 nitrogen and oxygen atoms in total. The molecule has 2 aromatic carbocycles. The Morgan fingerprint density at radius 2 is 1.74 bits per heavy atom. The zero-order valence-electron chi connectivity index (χ0n) is 19.1. The Labute approximate surface area is 186 Å². The Kier molecular flexibility index (Phi) is 8.18. The van der Waals surface area contributed by atoms with Crippen molar-refractivity contribution in [3.63, 3.8) is 0 Å². The molecule has 0 aliphatic carbocycles. The molecule has 31 heavy (non-hydrogen) atoms. The van der Waals surface area contributed by atoms with Gasteiger partial charge in [0.05, 0.1) is 13.7 Å². The number of hydrogen-bond donors (Lipinski definition) is 2. The molecule has 3 rings (SSSR count). The van der Waals surface area contributed by atoms with Gasteiger partial charge in [-0.3, -0.25) is 4.99 Å². The molecule has 0 aromatic heterocycles. The Hall–Kier alpha value is -2.73. The van der Waals surface area contributed by atoms with E-state index in [1.165, 1.54) is 11.1 Å². The van der Waals surface area contributed by atoms with Crippen LogP contribution in [0.2, 0.25) is 0 Å². The molecule has 1 atom stereocenters. The molecule has 1 aliphatic rings. The van der Waals surface area contributed by atoms with Gasteiger partial charge in [0.1, 0.15) is 6.10 Å². The summed E-state index contributed by atoms with van der Waals surface area (Å²) in [5.74, 6) is 2.24. The number of methoxy groups -OCH3 is 1. The molecule has 0 spiro atoms. The zero-order chi connectivity index (χ0) is 22.1. The van der Waals surface area contributed by atoms with Crippen LogP contribution in [-0.2, 0) is 10.2 Å². The van der Waals surface area contributed by atoms with E-state index in [-0.39, 0.29) is 11.5 Å². The van der Waals surface area contributed by atoms with E-state index in [4.69, 9.17) is 14.2 Å². The predicted octanol–water partition coefficient (Wildman–Crippen LogP) is 3.68. The van der Waals surface area contributed by atoms with Gasteiger partial charge in [0.25, 0.3) is 0 Å². The van der Waals surface area contributed by atoms with Crippen molar-refractivity contribution < 1.29 is 14.2 Å². The van der Waals surface area contributed by atoms with Gasteiger partial charge in [-0.1, -0.05) is 36.4 Å². The van der Waals surface area contributed by atoms with Crippen LogP contribution < -0.4 is 20.1 Å². The van der Waals surface area contributed by atoms with Gasteiger partial charge in [0.2, 0.25) is 0 Å². The summed E-state index contributed by atoms with van der Waals surface area (Å²) >= 11 is 0. The number of hydrogen-bond acceptors (Lipinski definition) is 4. The lowest BCUT2D eigenvalue weighted by molar-refractivity contribution is 0.0511. The van der Waals surface area contributed by atoms with E-state index in [9.17, 15) is 0 Å². The number of benzene rings is 2. The molecule has 1 aliphatic heterocycles. The first-order valence-electron chi connectivity index (χ1n) is 11.0. The van der Waals surface area contributed by atoms with Gasteiger partial charge < -0.3 is 24.8 Å². The highest BCUT2D eigenvalue weighted by molar-refractivity contribution is 5.79. The lowest BCUT2D eigenvalue weighted by atomic mass is 9.72. The zero-order valence-corrected chi connectivity index (χ0v) is 19.1. The first-order valence-corrected chi connectivity index (χ1v) is 11.0. The lowest BCUT2D eigenvalue weighted by Gasteiger charge is -2.39. The van der Waals surface area contributed by atoms with Crippen molar-refractivity contribution in [2.24, 2.45) is 4.99 Å². The van der Waals surface area contributed by atoms with Crippen molar-refractivity contribution in [2.45, 2.75) is 38.2 Å². The molecule has 168 valence electrons. The molecule has 0 saturated carbocycles. The molecule has 1 fully saturated rings. The van der Waals surface area contributed by atoms with Gasteiger partial charge in [-0.15, -0.1) is 0 Å². The Morgan fingerprint density at radius 3 is 2.42 bits per heavy atom. The molecular formula is C25H35N3O3. The first kappa shape index (κ1) is 22.9. The topological polar surface area (TPSA) is 64.1 Å². The van der Waals surface area contributed by atoms with Crippen molar-refractivity contribution in [3.05, 3.63) is 59.7 Å². The van der Waals surface area contributed by atoms with Gasteiger partial charge in [-0.25, -0.2) is 0 Å². The van der Waals surface area contributed by atoms with Crippen LogP contribution in [0.1, 0.15) is 30.9 Å². The first-order chi connectivity index (χ1) is 15.1. The molecule has 0 radical (unpaired) electrons. The smallest absolute Gasteiger partial charge is 0.191 e. The third-order valence-corrected chi connectivity index (χ3v) is 5.94. The highest BCUT2D eigenvalue weighted by atomic mass is 16.5. The standard InChI is InChI=1S/C25H35N3O3/c1-19-9-5-6-10-21(19)25(13-15-30-16-14-25)18-28-24(26-3)27-17-20(2)31-23-12-8-7-11-22(23)29-4/h5-12,20H,13-18H2,1-4H3,(H2,26,27,28). The molecule has 1 heterocycles. The van der Waals surface area contributed by atoms with E-state index < -0.39 is 0 Å². The summed E-state index contributed by atoms with van der Waals surface area (Å²) in [6.07, 6.45) is 1.94. The molecule has 0 bridgehead atoms. The highest BCUT2D eigenvalue weighted by Gasteiger charge is 2.35. The van der Waals surface area contributed by atoms with E-state index in [1.807, 2.05) is 31.2 Å². The number of nitrogens with one attached hydrogen (secondary N) is 2. The number of nitrogens with zero attached hydrogens (tertiary/aromatic N) is 1. The lowest BCUT2D eigenvalue weighted by Crippen LogP contribution is -2.49. The van der Waals surface area contributed by atoms with Gasteiger partial charge >= 0.3 is 0 Å². The Balaban J connectivity index is 1.59.